The summed E-state index contributed by atoms with van der Waals surface area (Å²) in [6, 6.07) is 0. The van der Waals surface area contributed by atoms with Gasteiger partial charge in [0.25, 0.3) is 0 Å². The zero-order chi connectivity index (χ0) is 12.1. The van der Waals surface area contributed by atoms with Crippen LogP contribution in [0.5, 0.6) is 0 Å². The third-order valence-corrected chi connectivity index (χ3v) is 6.36. The molecular formula is C16H30. The molecule has 0 radical (unpaired) electrons. The van der Waals surface area contributed by atoms with Gasteiger partial charge >= 0.3 is 0 Å². The molecule has 2 rings (SSSR count). The third kappa shape index (κ3) is 1.56. The lowest BCUT2D eigenvalue weighted by Gasteiger charge is -2.41. The van der Waals surface area contributed by atoms with Gasteiger partial charge in [0.15, 0.2) is 0 Å². The summed E-state index contributed by atoms with van der Waals surface area (Å²) in [5.74, 6) is 4.00. The Labute approximate surface area is 102 Å². The highest BCUT2D eigenvalue weighted by Gasteiger charge is 2.59. The zero-order valence-electron chi connectivity index (χ0n) is 12.1. The van der Waals surface area contributed by atoms with Gasteiger partial charge in [-0.05, 0) is 47.3 Å². The summed E-state index contributed by atoms with van der Waals surface area (Å²) in [4.78, 5) is 0. The van der Waals surface area contributed by atoms with Crippen LogP contribution in [0.15, 0.2) is 0 Å². The second-order valence-electron chi connectivity index (χ2n) is 7.76. The van der Waals surface area contributed by atoms with E-state index in [2.05, 4.69) is 41.5 Å². The van der Waals surface area contributed by atoms with Gasteiger partial charge < -0.3 is 0 Å². The predicted molar refractivity (Wildman–Crippen MR) is 71.3 cm³/mol. The van der Waals surface area contributed by atoms with Crippen LogP contribution < -0.4 is 0 Å². The lowest BCUT2D eigenvalue weighted by molar-refractivity contribution is 0.0743. The molecule has 16 heavy (non-hydrogen) atoms. The molecule has 2 aliphatic carbocycles. The SMILES string of the molecule is CCCC1CC(C)C2CC(C)(C)C(C)(C)C12. The summed E-state index contributed by atoms with van der Waals surface area (Å²) in [5, 5.41) is 0. The van der Waals surface area contributed by atoms with Gasteiger partial charge in [0.05, 0.1) is 0 Å². The van der Waals surface area contributed by atoms with Crippen LogP contribution in [-0.4, -0.2) is 0 Å². The van der Waals surface area contributed by atoms with Gasteiger partial charge in [-0.15, -0.1) is 0 Å². The lowest BCUT2D eigenvalue weighted by atomic mass is 9.64. The van der Waals surface area contributed by atoms with Gasteiger partial charge in [-0.1, -0.05) is 54.4 Å². The number of hydrogen-bond donors (Lipinski definition) is 0. The van der Waals surface area contributed by atoms with E-state index >= 15 is 0 Å². The van der Waals surface area contributed by atoms with Crippen molar-refractivity contribution in [2.75, 3.05) is 0 Å². The minimum Gasteiger partial charge on any atom is -0.0654 e. The number of rotatable bonds is 2. The van der Waals surface area contributed by atoms with E-state index in [9.17, 15) is 0 Å². The standard InChI is InChI=1S/C16H30/c1-7-8-12-9-11(2)13-10-15(3,4)16(5,6)14(12)13/h11-14H,7-10H2,1-6H3. The first-order valence-electron chi connectivity index (χ1n) is 7.31. The van der Waals surface area contributed by atoms with Crippen molar-refractivity contribution < 1.29 is 0 Å². The summed E-state index contributed by atoms with van der Waals surface area (Å²) < 4.78 is 0. The van der Waals surface area contributed by atoms with Gasteiger partial charge in [-0.25, -0.2) is 0 Å². The maximum atomic E-state index is 2.54. The fraction of sp³-hybridized carbons (Fsp3) is 1.00. The van der Waals surface area contributed by atoms with E-state index in [1.54, 1.807) is 0 Å². The van der Waals surface area contributed by atoms with Gasteiger partial charge in [0.1, 0.15) is 0 Å². The summed E-state index contributed by atoms with van der Waals surface area (Å²) in [6.45, 7) is 14.9. The van der Waals surface area contributed by atoms with Crippen LogP contribution in [0.1, 0.15) is 67.2 Å². The molecule has 0 aromatic carbocycles. The van der Waals surface area contributed by atoms with Crippen LogP contribution >= 0.6 is 0 Å². The summed E-state index contributed by atoms with van der Waals surface area (Å²) >= 11 is 0. The van der Waals surface area contributed by atoms with E-state index in [4.69, 9.17) is 0 Å². The van der Waals surface area contributed by atoms with E-state index in [1.165, 1.54) is 25.7 Å². The first kappa shape index (κ1) is 12.5. The predicted octanol–water partition coefficient (Wildman–Crippen LogP) is 5.13. The lowest BCUT2D eigenvalue weighted by Crippen LogP contribution is -2.34. The van der Waals surface area contributed by atoms with Crippen molar-refractivity contribution in [1.29, 1.82) is 0 Å². The van der Waals surface area contributed by atoms with Crippen LogP contribution in [0.25, 0.3) is 0 Å². The van der Waals surface area contributed by atoms with Crippen molar-refractivity contribution in [3.8, 4) is 0 Å². The van der Waals surface area contributed by atoms with Gasteiger partial charge in [-0.2, -0.15) is 0 Å². The van der Waals surface area contributed by atoms with Crippen molar-refractivity contribution in [2.45, 2.75) is 67.2 Å². The Morgan fingerprint density at radius 1 is 1.12 bits per heavy atom. The Kier molecular flexibility index (Phi) is 2.92. The minimum atomic E-state index is 0.544. The quantitative estimate of drug-likeness (QED) is 0.607. The fourth-order valence-corrected chi connectivity index (χ4v) is 4.93. The van der Waals surface area contributed by atoms with Crippen molar-refractivity contribution >= 4 is 0 Å². The summed E-state index contributed by atoms with van der Waals surface area (Å²) in [6.07, 6.45) is 5.80. The Bertz CT molecular complexity index is 261. The zero-order valence-corrected chi connectivity index (χ0v) is 12.1. The fourth-order valence-electron chi connectivity index (χ4n) is 4.93. The molecule has 0 nitrogen and oxygen atoms in total. The topological polar surface area (TPSA) is 0 Å². The van der Waals surface area contributed by atoms with Crippen LogP contribution in [0.3, 0.4) is 0 Å². The van der Waals surface area contributed by atoms with E-state index in [1.807, 2.05) is 0 Å². The molecule has 0 bridgehead atoms. The van der Waals surface area contributed by atoms with Crippen molar-refractivity contribution in [3.63, 3.8) is 0 Å². The number of hydrogen-bond acceptors (Lipinski definition) is 0. The molecule has 0 saturated heterocycles. The molecule has 0 aromatic heterocycles. The monoisotopic (exact) mass is 222 g/mol. The maximum Gasteiger partial charge on any atom is -0.0269 e. The molecule has 0 spiro atoms. The first-order chi connectivity index (χ1) is 7.31. The molecule has 2 fully saturated rings. The smallest absolute Gasteiger partial charge is 0.0269 e. The van der Waals surface area contributed by atoms with Crippen molar-refractivity contribution in [3.05, 3.63) is 0 Å². The molecule has 4 atom stereocenters. The van der Waals surface area contributed by atoms with Gasteiger partial charge in [-0.3, -0.25) is 0 Å². The molecular weight excluding hydrogens is 192 g/mol. The average Bonchev–Trinajstić information content (AvgIpc) is 2.51. The molecule has 94 valence electrons. The first-order valence-corrected chi connectivity index (χ1v) is 7.31. The second kappa shape index (κ2) is 3.75. The molecule has 2 aliphatic rings. The third-order valence-electron chi connectivity index (χ3n) is 6.36. The Balaban J connectivity index is 2.28. The van der Waals surface area contributed by atoms with E-state index < -0.39 is 0 Å². The highest BCUT2D eigenvalue weighted by Crippen LogP contribution is 2.67. The summed E-state index contributed by atoms with van der Waals surface area (Å²) in [7, 11) is 0. The molecule has 0 heteroatoms. The van der Waals surface area contributed by atoms with Crippen LogP contribution in [-0.2, 0) is 0 Å². The van der Waals surface area contributed by atoms with Gasteiger partial charge in [0.2, 0.25) is 0 Å². The molecule has 0 amide bonds. The molecule has 0 aromatic rings. The normalized spacial score (nSPS) is 44.6. The molecule has 0 N–H and O–H groups in total. The average molecular weight is 222 g/mol. The van der Waals surface area contributed by atoms with Crippen molar-refractivity contribution in [2.24, 2.45) is 34.5 Å². The number of fused-ring (bicyclic) bond motifs is 1. The van der Waals surface area contributed by atoms with E-state index in [0.29, 0.717) is 10.8 Å². The van der Waals surface area contributed by atoms with Crippen molar-refractivity contribution in [1.82, 2.24) is 0 Å². The summed E-state index contributed by atoms with van der Waals surface area (Å²) in [5.41, 5.74) is 1.09. The molecule has 0 aliphatic heterocycles. The second-order valence-corrected chi connectivity index (χ2v) is 7.76. The van der Waals surface area contributed by atoms with Crippen LogP contribution in [0.4, 0.5) is 0 Å². The van der Waals surface area contributed by atoms with Crippen LogP contribution in [0, 0.1) is 34.5 Å². The minimum absolute atomic E-state index is 0.544. The highest BCUT2D eigenvalue weighted by molar-refractivity contribution is 5.08. The Morgan fingerprint density at radius 2 is 1.75 bits per heavy atom. The molecule has 2 saturated carbocycles. The van der Waals surface area contributed by atoms with E-state index in [-0.39, 0.29) is 0 Å². The van der Waals surface area contributed by atoms with Gasteiger partial charge in [0, 0.05) is 0 Å². The van der Waals surface area contributed by atoms with Crippen LogP contribution in [0.2, 0.25) is 0 Å². The highest BCUT2D eigenvalue weighted by atomic mass is 14.6. The molecule has 4 unspecified atom stereocenters. The molecule has 0 heterocycles. The maximum absolute atomic E-state index is 2.54. The van der Waals surface area contributed by atoms with E-state index in [0.717, 1.165) is 23.7 Å². The Morgan fingerprint density at radius 3 is 2.31 bits per heavy atom. The largest absolute Gasteiger partial charge is 0.0654 e. The Hall–Kier alpha value is 0.